The second-order valence-electron chi connectivity index (χ2n) is 8.29. The first-order valence-electron chi connectivity index (χ1n) is 10.5. The number of nitriles is 1. The molecule has 5 rings (SSSR count). The lowest BCUT2D eigenvalue weighted by Gasteiger charge is -2.34. The minimum absolute atomic E-state index is 0.0201. The van der Waals surface area contributed by atoms with E-state index in [1.165, 1.54) is 0 Å². The Morgan fingerprint density at radius 2 is 1.94 bits per heavy atom. The standard InChI is InChI=1S/C21H22FN7O2/c1-11(12-4-6-31-7-5-12)29-20-17(16(8-23)28-29)21(30)27-19(26-20)15-3-2-14(15)18-24-9-13(22)10-25-18/h9-12,14-15H,2-7H2,1H3,(H,26,27,30)/t11-,14-,15-/m1/s1. The summed E-state index contributed by atoms with van der Waals surface area (Å²) in [6, 6.07) is 2.01. The summed E-state index contributed by atoms with van der Waals surface area (Å²) in [7, 11) is 0. The van der Waals surface area contributed by atoms with Crippen LogP contribution in [0, 0.1) is 23.1 Å². The first-order chi connectivity index (χ1) is 15.1. The number of hydrogen-bond donors (Lipinski definition) is 1. The molecule has 4 heterocycles. The zero-order chi connectivity index (χ0) is 21.5. The molecule has 3 aromatic heterocycles. The SMILES string of the molecule is C[C@H](C1CCOCC1)n1nc(C#N)c2c(=O)[nH]c([C@@H]3CC[C@H]3c3ncc(F)cn3)nc21. The van der Waals surface area contributed by atoms with Crippen LogP contribution >= 0.6 is 0 Å². The number of aromatic amines is 1. The van der Waals surface area contributed by atoms with Crippen molar-refractivity contribution < 1.29 is 9.13 Å². The van der Waals surface area contributed by atoms with Gasteiger partial charge in [0.25, 0.3) is 5.56 Å². The van der Waals surface area contributed by atoms with Crippen LogP contribution in [0.3, 0.4) is 0 Å². The Balaban J connectivity index is 1.55. The minimum Gasteiger partial charge on any atom is -0.381 e. The van der Waals surface area contributed by atoms with E-state index in [0.29, 0.717) is 36.4 Å². The van der Waals surface area contributed by atoms with E-state index in [1.54, 1.807) is 4.68 Å². The molecular formula is C21H22FN7O2. The van der Waals surface area contributed by atoms with Crippen molar-refractivity contribution >= 4 is 11.0 Å². The van der Waals surface area contributed by atoms with Gasteiger partial charge in [0.1, 0.15) is 23.1 Å². The molecule has 10 heteroatoms. The first kappa shape index (κ1) is 19.8. The number of H-pyrrole nitrogens is 1. The number of aromatic nitrogens is 6. The van der Waals surface area contributed by atoms with Crippen LogP contribution in [0.15, 0.2) is 17.2 Å². The van der Waals surface area contributed by atoms with Crippen molar-refractivity contribution in [1.82, 2.24) is 29.7 Å². The number of rotatable bonds is 4. The average molecular weight is 423 g/mol. The number of ether oxygens (including phenoxy) is 1. The normalized spacial score (nSPS) is 22.7. The summed E-state index contributed by atoms with van der Waals surface area (Å²) in [4.78, 5) is 28.8. The third kappa shape index (κ3) is 3.39. The molecule has 1 saturated heterocycles. The van der Waals surface area contributed by atoms with Crippen molar-refractivity contribution in [2.45, 2.75) is 50.5 Å². The van der Waals surface area contributed by atoms with E-state index in [0.717, 1.165) is 38.1 Å². The largest absolute Gasteiger partial charge is 0.381 e. The van der Waals surface area contributed by atoms with Gasteiger partial charge in [-0.1, -0.05) is 0 Å². The molecule has 0 spiro atoms. The number of nitrogens with one attached hydrogen (secondary N) is 1. The fraction of sp³-hybridized carbons (Fsp3) is 0.524. The van der Waals surface area contributed by atoms with Crippen LogP contribution in [0.5, 0.6) is 0 Å². The second-order valence-corrected chi connectivity index (χ2v) is 8.29. The summed E-state index contributed by atoms with van der Waals surface area (Å²) < 4.78 is 20.4. The Morgan fingerprint density at radius 3 is 2.58 bits per heavy atom. The van der Waals surface area contributed by atoms with E-state index >= 15 is 0 Å². The quantitative estimate of drug-likeness (QED) is 0.684. The zero-order valence-corrected chi connectivity index (χ0v) is 17.1. The third-order valence-electron chi connectivity index (χ3n) is 6.62. The monoisotopic (exact) mass is 423 g/mol. The molecule has 0 aromatic carbocycles. The molecule has 9 nitrogen and oxygen atoms in total. The highest BCUT2D eigenvalue weighted by molar-refractivity contribution is 5.80. The third-order valence-corrected chi connectivity index (χ3v) is 6.62. The van der Waals surface area contributed by atoms with Crippen LogP contribution in [0.25, 0.3) is 11.0 Å². The van der Waals surface area contributed by atoms with E-state index in [4.69, 9.17) is 9.72 Å². The molecular weight excluding hydrogens is 401 g/mol. The molecule has 1 aliphatic carbocycles. The Kier molecular flexibility index (Phi) is 4.98. The highest BCUT2D eigenvalue weighted by Gasteiger charge is 2.38. The zero-order valence-electron chi connectivity index (χ0n) is 17.1. The van der Waals surface area contributed by atoms with Gasteiger partial charge in [-0.05, 0) is 38.5 Å². The van der Waals surface area contributed by atoms with Gasteiger partial charge in [0.15, 0.2) is 17.2 Å². The summed E-state index contributed by atoms with van der Waals surface area (Å²) in [5, 5.41) is 14.2. The fourth-order valence-corrected chi connectivity index (χ4v) is 4.65. The topological polar surface area (TPSA) is 122 Å². The van der Waals surface area contributed by atoms with Crippen LogP contribution in [-0.4, -0.2) is 42.9 Å². The van der Waals surface area contributed by atoms with E-state index in [2.05, 4.69) is 20.1 Å². The lowest BCUT2D eigenvalue weighted by atomic mass is 9.72. The maximum atomic E-state index is 13.2. The summed E-state index contributed by atoms with van der Waals surface area (Å²) in [5.74, 6) is 0.809. The van der Waals surface area contributed by atoms with Crippen LogP contribution < -0.4 is 5.56 Å². The predicted octanol–water partition coefficient (Wildman–Crippen LogP) is 2.57. The van der Waals surface area contributed by atoms with Gasteiger partial charge in [-0.15, -0.1) is 0 Å². The molecule has 160 valence electrons. The molecule has 0 bridgehead atoms. The molecule has 3 atom stereocenters. The van der Waals surface area contributed by atoms with E-state index < -0.39 is 5.82 Å². The van der Waals surface area contributed by atoms with E-state index in [9.17, 15) is 14.4 Å². The van der Waals surface area contributed by atoms with Crippen molar-refractivity contribution in [2.24, 2.45) is 5.92 Å². The molecule has 0 amide bonds. The molecule has 1 saturated carbocycles. The average Bonchev–Trinajstić information content (AvgIpc) is 3.14. The first-order valence-corrected chi connectivity index (χ1v) is 10.5. The Hall–Kier alpha value is -3.19. The smallest absolute Gasteiger partial charge is 0.263 e. The number of halogens is 1. The number of nitrogens with zero attached hydrogens (tertiary/aromatic N) is 6. The van der Waals surface area contributed by atoms with Crippen LogP contribution in [0.2, 0.25) is 0 Å². The van der Waals surface area contributed by atoms with Crippen LogP contribution in [0.1, 0.15) is 67.8 Å². The molecule has 2 fully saturated rings. The molecule has 1 N–H and O–H groups in total. The second kappa shape index (κ2) is 7.81. The Labute approximate surface area is 177 Å². The maximum absolute atomic E-state index is 13.2. The molecule has 3 aromatic rings. The van der Waals surface area contributed by atoms with Crippen LogP contribution in [0.4, 0.5) is 4.39 Å². The highest BCUT2D eigenvalue weighted by atomic mass is 19.1. The van der Waals surface area contributed by atoms with E-state index in [1.807, 2.05) is 13.0 Å². The van der Waals surface area contributed by atoms with Crippen molar-refractivity contribution in [2.75, 3.05) is 13.2 Å². The van der Waals surface area contributed by atoms with Crippen LogP contribution in [-0.2, 0) is 4.74 Å². The predicted molar refractivity (Wildman–Crippen MR) is 108 cm³/mol. The molecule has 0 radical (unpaired) electrons. The van der Waals surface area contributed by atoms with Crippen molar-refractivity contribution in [3.8, 4) is 6.07 Å². The molecule has 1 aliphatic heterocycles. The molecule has 0 unspecified atom stereocenters. The van der Waals surface area contributed by atoms with Gasteiger partial charge >= 0.3 is 0 Å². The van der Waals surface area contributed by atoms with Gasteiger partial charge in [0.05, 0.1) is 18.4 Å². The number of hydrogen-bond acceptors (Lipinski definition) is 7. The van der Waals surface area contributed by atoms with Gasteiger partial charge in [-0.25, -0.2) is 24.0 Å². The summed E-state index contributed by atoms with van der Waals surface area (Å²) in [6.07, 6.45) is 5.75. The fourth-order valence-electron chi connectivity index (χ4n) is 4.65. The maximum Gasteiger partial charge on any atom is 0.263 e. The highest BCUT2D eigenvalue weighted by Crippen LogP contribution is 2.46. The summed E-state index contributed by atoms with van der Waals surface area (Å²) in [6.45, 7) is 3.44. The van der Waals surface area contributed by atoms with Crippen molar-refractivity contribution in [3.05, 3.63) is 45.9 Å². The van der Waals surface area contributed by atoms with Gasteiger partial charge in [0.2, 0.25) is 0 Å². The van der Waals surface area contributed by atoms with Gasteiger partial charge in [-0.2, -0.15) is 10.4 Å². The Bertz CT molecular complexity index is 1210. The lowest BCUT2D eigenvalue weighted by molar-refractivity contribution is 0.0501. The number of fused-ring (bicyclic) bond motifs is 1. The van der Waals surface area contributed by atoms with Crippen molar-refractivity contribution in [3.63, 3.8) is 0 Å². The van der Waals surface area contributed by atoms with Gasteiger partial charge < -0.3 is 9.72 Å². The lowest BCUT2D eigenvalue weighted by Crippen LogP contribution is -2.28. The summed E-state index contributed by atoms with van der Waals surface area (Å²) in [5.41, 5.74) is 0.147. The van der Waals surface area contributed by atoms with E-state index in [-0.39, 0.29) is 34.5 Å². The Morgan fingerprint density at radius 1 is 1.23 bits per heavy atom. The summed E-state index contributed by atoms with van der Waals surface area (Å²) >= 11 is 0. The van der Waals surface area contributed by atoms with Gasteiger partial charge in [0, 0.05) is 25.0 Å². The van der Waals surface area contributed by atoms with Gasteiger partial charge in [-0.3, -0.25) is 4.79 Å². The molecule has 31 heavy (non-hydrogen) atoms. The molecule has 2 aliphatic rings. The van der Waals surface area contributed by atoms with Crippen molar-refractivity contribution in [1.29, 1.82) is 5.26 Å². The minimum atomic E-state index is -0.484.